The van der Waals surface area contributed by atoms with Crippen molar-refractivity contribution in [2.75, 3.05) is 19.7 Å². The summed E-state index contributed by atoms with van der Waals surface area (Å²) >= 11 is 0. The van der Waals surface area contributed by atoms with E-state index in [2.05, 4.69) is 0 Å². The molecule has 1 N–H and O–H groups in total. The summed E-state index contributed by atoms with van der Waals surface area (Å²) in [5.74, 6) is -2.45. The van der Waals surface area contributed by atoms with Gasteiger partial charge < -0.3 is 14.7 Å². The van der Waals surface area contributed by atoms with E-state index in [4.69, 9.17) is 4.74 Å². The van der Waals surface area contributed by atoms with Crippen molar-refractivity contribution < 1.29 is 33.4 Å². The molecule has 0 saturated carbocycles. The number of esters is 1. The Morgan fingerprint density at radius 2 is 1.67 bits per heavy atom. The molecular weight excluding hydrogens is 431 g/mol. The molecule has 2 aromatic rings. The Morgan fingerprint density at radius 1 is 1.03 bits per heavy atom. The number of hydrogen-bond acceptors (Lipinski definition) is 6. The molecule has 0 aliphatic carbocycles. The van der Waals surface area contributed by atoms with Crippen molar-refractivity contribution in [3.63, 3.8) is 0 Å². The highest BCUT2D eigenvalue weighted by atomic mass is 19.1. The number of likely N-dealkylation sites (tertiary alicyclic amines) is 1. The Balaban J connectivity index is 1.29. The number of aliphatic hydroxyl groups is 1. The first-order valence-electron chi connectivity index (χ1n) is 10.7. The third-order valence-electron chi connectivity index (χ3n) is 5.82. The van der Waals surface area contributed by atoms with E-state index in [1.54, 1.807) is 30.3 Å². The van der Waals surface area contributed by atoms with Gasteiger partial charge in [-0.05, 0) is 30.2 Å². The molecule has 4 rings (SSSR count). The molecule has 2 aromatic carbocycles. The van der Waals surface area contributed by atoms with Gasteiger partial charge in [0.1, 0.15) is 11.9 Å². The van der Waals surface area contributed by atoms with Crippen LogP contribution in [0.4, 0.5) is 4.39 Å². The minimum Gasteiger partial charge on any atom is -0.464 e. The van der Waals surface area contributed by atoms with Crippen molar-refractivity contribution in [2.45, 2.75) is 31.4 Å². The lowest BCUT2D eigenvalue weighted by molar-refractivity contribution is -0.153. The lowest BCUT2D eigenvalue weighted by atomic mass is 10.1. The summed E-state index contributed by atoms with van der Waals surface area (Å²) in [5, 5.41) is 9.99. The van der Waals surface area contributed by atoms with E-state index >= 15 is 0 Å². The molecule has 9 heteroatoms. The zero-order valence-electron chi connectivity index (χ0n) is 17.8. The minimum absolute atomic E-state index is 0.0280. The number of hydrogen-bond donors (Lipinski definition) is 1. The molecule has 2 aliphatic heterocycles. The van der Waals surface area contributed by atoms with Crippen LogP contribution >= 0.6 is 0 Å². The number of rotatable bonds is 7. The van der Waals surface area contributed by atoms with E-state index < -0.39 is 29.8 Å². The van der Waals surface area contributed by atoms with Crippen LogP contribution in [0.5, 0.6) is 0 Å². The maximum Gasteiger partial charge on any atom is 0.328 e. The highest BCUT2D eigenvalue weighted by molar-refractivity contribution is 6.21. The van der Waals surface area contributed by atoms with E-state index in [-0.39, 0.29) is 56.3 Å². The van der Waals surface area contributed by atoms with E-state index in [0.717, 1.165) is 4.90 Å². The third kappa shape index (κ3) is 4.63. The maximum absolute atomic E-state index is 13.9. The monoisotopic (exact) mass is 454 g/mol. The van der Waals surface area contributed by atoms with Crippen LogP contribution in [0.3, 0.4) is 0 Å². The second kappa shape index (κ2) is 9.50. The van der Waals surface area contributed by atoms with E-state index in [9.17, 15) is 28.7 Å². The number of halogens is 1. The summed E-state index contributed by atoms with van der Waals surface area (Å²) in [6.45, 7) is -0.0148. The fourth-order valence-electron chi connectivity index (χ4n) is 4.15. The molecule has 3 amide bonds. The smallest absolute Gasteiger partial charge is 0.328 e. The van der Waals surface area contributed by atoms with E-state index in [1.807, 2.05) is 0 Å². The molecule has 2 unspecified atom stereocenters. The Labute approximate surface area is 189 Å². The Hall–Kier alpha value is -3.59. The summed E-state index contributed by atoms with van der Waals surface area (Å²) < 4.78 is 19.2. The summed E-state index contributed by atoms with van der Waals surface area (Å²) in [6, 6.07) is 11.5. The van der Waals surface area contributed by atoms with Crippen LogP contribution in [-0.2, 0) is 20.7 Å². The number of nitrogens with zero attached hydrogens (tertiary/aromatic N) is 2. The number of imide groups is 1. The fourth-order valence-corrected chi connectivity index (χ4v) is 4.15. The topological polar surface area (TPSA) is 104 Å². The van der Waals surface area contributed by atoms with Gasteiger partial charge in [0.25, 0.3) is 11.8 Å². The number of carbonyl (C=O) groups is 4. The highest BCUT2D eigenvalue weighted by Gasteiger charge is 2.40. The third-order valence-corrected chi connectivity index (χ3v) is 5.82. The number of amides is 3. The molecule has 0 radical (unpaired) electrons. The van der Waals surface area contributed by atoms with Gasteiger partial charge in [-0.1, -0.05) is 30.3 Å². The zero-order valence-corrected chi connectivity index (χ0v) is 17.8. The molecule has 0 spiro atoms. The first-order valence-corrected chi connectivity index (χ1v) is 10.7. The summed E-state index contributed by atoms with van der Waals surface area (Å²) in [4.78, 5) is 52.3. The molecule has 172 valence electrons. The lowest BCUT2D eigenvalue weighted by Gasteiger charge is -2.23. The SMILES string of the molecule is O=C(OCCCN1C(=O)c2ccccc2C1=O)C1CC(O)CN1C(=O)Cc1ccccc1F. The molecule has 33 heavy (non-hydrogen) atoms. The van der Waals surface area contributed by atoms with Crippen LogP contribution in [0, 0.1) is 5.82 Å². The number of carbonyl (C=O) groups excluding carboxylic acids is 4. The predicted octanol–water partition coefficient (Wildman–Crippen LogP) is 1.56. The minimum atomic E-state index is -0.974. The normalized spacial score (nSPS) is 19.7. The predicted molar refractivity (Wildman–Crippen MR) is 114 cm³/mol. The zero-order chi connectivity index (χ0) is 23.5. The van der Waals surface area contributed by atoms with Gasteiger partial charge in [-0.25, -0.2) is 9.18 Å². The Morgan fingerprint density at radius 3 is 2.33 bits per heavy atom. The van der Waals surface area contributed by atoms with Gasteiger partial charge in [-0.15, -0.1) is 0 Å². The van der Waals surface area contributed by atoms with Crippen LogP contribution in [0.15, 0.2) is 48.5 Å². The average molecular weight is 454 g/mol. The molecular formula is C24H23FN2O6. The summed E-state index contributed by atoms with van der Waals surface area (Å²) in [7, 11) is 0. The first kappa shape index (κ1) is 22.6. The van der Waals surface area contributed by atoms with Gasteiger partial charge in [0.15, 0.2) is 0 Å². The van der Waals surface area contributed by atoms with Gasteiger partial charge in [0, 0.05) is 19.5 Å². The van der Waals surface area contributed by atoms with Crippen molar-refractivity contribution in [3.05, 3.63) is 71.0 Å². The van der Waals surface area contributed by atoms with Crippen molar-refractivity contribution in [3.8, 4) is 0 Å². The van der Waals surface area contributed by atoms with Gasteiger partial charge in [-0.3, -0.25) is 19.3 Å². The van der Waals surface area contributed by atoms with Gasteiger partial charge in [0.05, 0.1) is 30.3 Å². The molecule has 1 saturated heterocycles. The van der Waals surface area contributed by atoms with Crippen LogP contribution in [-0.4, -0.2) is 70.4 Å². The van der Waals surface area contributed by atoms with Crippen LogP contribution < -0.4 is 0 Å². The number of ether oxygens (including phenoxy) is 1. The van der Waals surface area contributed by atoms with Crippen molar-refractivity contribution in [1.82, 2.24) is 9.80 Å². The van der Waals surface area contributed by atoms with E-state index in [0.29, 0.717) is 11.1 Å². The van der Waals surface area contributed by atoms with E-state index in [1.165, 1.54) is 23.1 Å². The van der Waals surface area contributed by atoms with Gasteiger partial charge in [0.2, 0.25) is 5.91 Å². The molecule has 2 aliphatic rings. The standard InChI is InChI=1S/C24H23FN2O6/c25-19-9-4-1-6-15(19)12-21(29)27-14-16(28)13-20(27)24(32)33-11-5-10-26-22(30)17-7-2-3-8-18(17)23(26)31/h1-4,6-9,16,20,28H,5,10-14H2. The fraction of sp³-hybridized carbons (Fsp3) is 0.333. The van der Waals surface area contributed by atoms with Crippen molar-refractivity contribution in [1.29, 1.82) is 0 Å². The number of β-amino-alcohol motifs (C(OH)–C–C–N with tert-alkyl or cyclic N) is 1. The summed E-state index contributed by atoms with van der Waals surface area (Å²) in [5.41, 5.74) is 0.906. The van der Waals surface area contributed by atoms with Crippen LogP contribution in [0.25, 0.3) is 0 Å². The Bertz CT molecular complexity index is 1070. The molecule has 2 heterocycles. The molecule has 0 aromatic heterocycles. The van der Waals surface area contributed by atoms with Gasteiger partial charge >= 0.3 is 5.97 Å². The maximum atomic E-state index is 13.9. The molecule has 8 nitrogen and oxygen atoms in total. The second-order valence-corrected chi connectivity index (χ2v) is 8.05. The number of fused-ring (bicyclic) bond motifs is 1. The van der Waals surface area contributed by atoms with Gasteiger partial charge in [-0.2, -0.15) is 0 Å². The first-order chi connectivity index (χ1) is 15.9. The largest absolute Gasteiger partial charge is 0.464 e. The quantitative estimate of drug-likeness (QED) is 0.387. The average Bonchev–Trinajstić information content (AvgIpc) is 3.31. The highest BCUT2D eigenvalue weighted by Crippen LogP contribution is 2.23. The second-order valence-electron chi connectivity index (χ2n) is 8.05. The molecule has 0 bridgehead atoms. The lowest BCUT2D eigenvalue weighted by Crippen LogP contribution is -2.42. The molecule has 1 fully saturated rings. The summed E-state index contributed by atoms with van der Waals surface area (Å²) in [6.07, 6.45) is -0.857. The number of aliphatic hydroxyl groups excluding tert-OH is 1. The molecule has 2 atom stereocenters. The van der Waals surface area contributed by atoms with Crippen molar-refractivity contribution >= 4 is 23.7 Å². The van der Waals surface area contributed by atoms with Crippen molar-refractivity contribution in [2.24, 2.45) is 0 Å². The van der Waals surface area contributed by atoms with Crippen LogP contribution in [0.1, 0.15) is 39.1 Å². The van der Waals surface area contributed by atoms with Crippen LogP contribution in [0.2, 0.25) is 0 Å². The number of benzene rings is 2. The Kier molecular flexibility index (Phi) is 6.50.